The number of fused-ring (bicyclic) bond motifs is 1. The highest BCUT2D eigenvalue weighted by molar-refractivity contribution is 7.89. The molecule has 0 saturated carbocycles. The summed E-state index contributed by atoms with van der Waals surface area (Å²) in [7, 11) is -2.18. The quantitative estimate of drug-likeness (QED) is 0.668. The number of piperidine rings is 1. The van der Waals surface area contributed by atoms with E-state index in [0.717, 1.165) is 16.8 Å². The molecular weight excluding hydrogens is 418 g/mol. The van der Waals surface area contributed by atoms with Crippen LogP contribution in [0.15, 0.2) is 50.5 Å². The minimum absolute atomic E-state index is 0.0763. The molecule has 9 heteroatoms. The van der Waals surface area contributed by atoms with Gasteiger partial charge in [-0.2, -0.15) is 4.31 Å². The molecule has 0 unspecified atom stereocenters. The van der Waals surface area contributed by atoms with Crippen molar-refractivity contribution in [1.82, 2.24) is 8.87 Å². The molecule has 31 heavy (non-hydrogen) atoms. The molecule has 8 nitrogen and oxygen atoms in total. The molecule has 2 heterocycles. The Morgan fingerprint density at radius 2 is 1.77 bits per heavy atom. The van der Waals surface area contributed by atoms with Gasteiger partial charge in [-0.25, -0.2) is 13.2 Å². The van der Waals surface area contributed by atoms with E-state index < -0.39 is 15.8 Å². The van der Waals surface area contributed by atoms with Gasteiger partial charge in [-0.1, -0.05) is 6.07 Å². The second-order valence-electron chi connectivity index (χ2n) is 8.02. The Labute approximate surface area is 180 Å². The van der Waals surface area contributed by atoms with Crippen LogP contribution >= 0.6 is 0 Å². The molecule has 0 spiro atoms. The van der Waals surface area contributed by atoms with Gasteiger partial charge in [-0.3, -0.25) is 9.36 Å². The van der Waals surface area contributed by atoms with E-state index >= 15 is 0 Å². The van der Waals surface area contributed by atoms with E-state index in [1.54, 1.807) is 13.1 Å². The van der Waals surface area contributed by atoms with Crippen molar-refractivity contribution < 1.29 is 17.6 Å². The Morgan fingerprint density at radius 3 is 2.45 bits per heavy atom. The smallest absolute Gasteiger partial charge is 0.408 e. The number of nitrogens with one attached hydrogen (secondary N) is 1. The summed E-state index contributed by atoms with van der Waals surface area (Å²) in [4.78, 5) is 24.4. The van der Waals surface area contributed by atoms with Crippen LogP contribution in [0.5, 0.6) is 0 Å². The first-order valence-electron chi connectivity index (χ1n) is 10.1. The molecule has 0 radical (unpaired) electrons. The maximum Gasteiger partial charge on any atom is 0.419 e. The van der Waals surface area contributed by atoms with E-state index in [-0.39, 0.29) is 35.4 Å². The number of anilines is 1. The first-order valence-corrected chi connectivity index (χ1v) is 11.6. The van der Waals surface area contributed by atoms with Crippen LogP contribution < -0.4 is 11.1 Å². The van der Waals surface area contributed by atoms with Gasteiger partial charge in [-0.15, -0.1) is 0 Å². The van der Waals surface area contributed by atoms with Crippen molar-refractivity contribution in [2.75, 3.05) is 18.4 Å². The summed E-state index contributed by atoms with van der Waals surface area (Å²) in [6.45, 7) is 4.51. The van der Waals surface area contributed by atoms with Gasteiger partial charge in [0.1, 0.15) is 0 Å². The van der Waals surface area contributed by atoms with Crippen molar-refractivity contribution in [3.8, 4) is 0 Å². The lowest BCUT2D eigenvalue weighted by Crippen LogP contribution is -2.41. The zero-order valence-corrected chi connectivity index (χ0v) is 18.5. The average molecular weight is 444 g/mol. The number of carbonyl (C=O) groups is 1. The molecule has 2 aromatic carbocycles. The van der Waals surface area contributed by atoms with Crippen LogP contribution in [-0.4, -0.2) is 36.3 Å². The highest BCUT2D eigenvalue weighted by Crippen LogP contribution is 2.27. The SMILES string of the molecule is Cc1ccc(NC(=O)C2CCN(S(=O)(=O)c3ccc4c(c3)oc(=O)n4C)CC2)cc1C. The number of aromatic nitrogens is 1. The number of nitrogens with zero attached hydrogens (tertiary/aromatic N) is 2. The second kappa shape index (κ2) is 7.97. The third kappa shape index (κ3) is 4.03. The highest BCUT2D eigenvalue weighted by atomic mass is 32.2. The van der Waals surface area contributed by atoms with Crippen LogP contribution in [-0.2, 0) is 21.9 Å². The van der Waals surface area contributed by atoms with E-state index in [9.17, 15) is 18.0 Å². The Balaban J connectivity index is 1.44. The van der Waals surface area contributed by atoms with Crippen molar-refractivity contribution in [2.45, 2.75) is 31.6 Å². The third-order valence-corrected chi connectivity index (χ3v) is 7.90. The molecular formula is C22H25N3O5S. The van der Waals surface area contributed by atoms with Gasteiger partial charge in [0.15, 0.2) is 5.58 Å². The number of benzene rings is 2. The second-order valence-corrected chi connectivity index (χ2v) is 9.96. The molecule has 1 saturated heterocycles. The summed E-state index contributed by atoms with van der Waals surface area (Å²) >= 11 is 0. The van der Waals surface area contributed by atoms with Gasteiger partial charge < -0.3 is 9.73 Å². The number of sulfonamides is 1. The van der Waals surface area contributed by atoms with Gasteiger partial charge in [-0.05, 0) is 62.1 Å². The minimum Gasteiger partial charge on any atom is -0.408 e. The van der Waals surface area contributed by atoms with Crippen LogP contribution in [0.4, 0.5) is 5.69 Å². The number of oxazole rings is 1. The van der Waals surface area contributed by atoms with Crippen molar-refractivity contribution in [3.63, 3.8) is 0 Å². The highest BCUT2D eigenvalue weighted by Gasteiger charge is 2.32. The molecule has 1 fully saturated rings. The molecule has 164 valence electrons. The van der Waals surface area contributed by atoms with Crippen molar-refractivity contribution in [3.05, 3.63) is 58.1 Å². The summed E-state index contributed by atoms with van der Waals surface area (Å²) in [6, 6.07) is 10.2. The third-order valence-electron chi connectivity index (χ3n) is 6.00. The fourth-order valence-corrected chi connectivity index (χ4v) is 5.33. The molecule has 0 bridgehead atoms. The van der Waals surface area contributed by atoms with Gasteiger partial charge in [0.05, 0.1) is 10.4 Å². The fourth-order valence-electron chi connectivity index (χ4n) is 3.85. The zero-order chi connectivity index (χ0) is 22.3. The molecule has 1 aliphatic rings. The number of aryl methyl sites for hydroxylation is 3. The largest absolute Gasteiger partial charge is 0.419 e. The van der Waals surface area contributed by atoms with Crippen LogP contribution in [0.2, 0.25) is 0 Å². The maximum absolute atomic E-state index is 13.1. The minimum atomic E-state index is -3.75. The Kier molecular flexibility index (Phi) is 5.49. The van der Waals surface area contributed by atoms with E-state index in [0.29, 0.717) is 18.4 Å². The van der Waals surface area contributed by atoms with Gasteiger partial charge in [0.25, 0.3) is 0 Å². The predicted octanol–water partition coefficient (Wildman–Crippen LogP) is 2.79. The summed E-state index contributed by atoms with van der Waals surface area (Å²) in [5, 5.41) is 2.94. The Morgan fingerprint density at radius 1 is 1.06 bits per heavy atom. The first kappa shape index (κ1) is 21.3. The van der Waals surface area contributed by atoms with Gasteiger partial charge in [0, 0.05) is 37.8 Å². The van der Waals surface area contributed by atoms with E-state index in [2.05, 4.69) is 5.32 Å². The predicted molar refractivity (Wildman–Crippen MR) is 117 cm³/mol. The number of hydrogen-bond donors (Lipinski definition) is 1. The first-order chi connectivity index (χ1) is 14.7. The van der Waals surface area contributed by atoms with Crippen LogP contribution in [0.1, 0.15) is 24.0 Å². The van der Waals surface area contributed by atoms with E-state index in [4.69, 9.17) is 4.42 Å². The maximum atomic E-state index is 13.1. The van der Waals surface area contributed by atoms with E-state index in [1.807, 2.05) is 32.0 Å². The molecule has 1 N–H and O–H groups in total. The average Bonchev–Trinajstić information content (AvgIpc) is 3.04. The molecule has 3 aromatic rings. The summed E-state index contributed by atoms with van der Waals surface area (Å²) in [5.41, 5.74) is 3.78. The lowest BCUT2D eigenvalue weighted by atomic mass is 9.97. The fraction of sp³-hybridized carbons (Fsp3) is 0.364. The zero-order valence-electron chi connectivity index (χ0n) is 17.7. The summed E-state index contributed by atoms with van der Waals surface area (Å²) in [5.74, 6) is -0.879. The normalized spacial score (nSPS) is 16.0. The van der Waals surface area contributed by atoms with Crippen LogP contribution in [0.3, 0.4) is 0 Å². The monoisotopic (exact) mass is 443 g/mol. The van der Waals surface area contributed by atoms with E-state index in [1.165, 1.54) is 21.0 Å². The number of rotatable bonds is 4. The molecule has 1 aromatic heterocycles. The topological polar surface area (TPSA) is 102 Å². The number of carbonyl (C=O) groups excluding carboxylic acids is 1. The summed E-state index contributed by atoms with van der Waals surface area (Å²) in [6.07, 6.45) is 0.886. The van der Waals surface area contributed by atoms with Crippen LogP contribution in [0, 0.1) is 19.8 Å². The molecule has 1 aliphatic heterocycles. The summed E-state index contributed by atoms with van der Waals surface area (Å²) < 4.78 is 33.9. The lowest BCUT2D eigenvalue weighted by Gasteiger charge is -2.30. The molecule has 0 atom stereocenters. The van der Waals surface area contributed by atoms with Crippen molar-refractivity contribution in [1.29, 1.82) is 0 Å². The Hall–Kier alpha value is -2.91. The van der Waals surface area contributed by atoms with Gasteiger partial charge >= 0.3 is 5.76 Å². The standard InChI is InChI=1S/C22H25N3O5S/c1-14-4-5-17(12-15(14)2)23-21(26)16-8-10-25(11-9-16)31(28,29)18-6-7-19-20(13-18)30-22(27)24(19)3/h4-7,12-13,16H,8-11H2,1-3H3,(H,23,26). The number of amides is 1. The lowest BCUT2D eigenvalue weighted by molar-refractivity contribution is -0.120. The molecule has 0 aliphatic carbocycles. The Bertz CT molecular complexity index is 1310. The van der Waals surface area contributed by atoms with Crippen LogP contribution in [0.25, 0.3) is 11.1 Å². The van der Waals surface area contributed by atoms with Crippen molar-refractivity contribution in [2.24, 2.45) is 13.0 Å². The molecule has 1 amide bonds. The number of hydrogen-bond acceptors (Lipinski definition) is 5. The van der Waals surface area contributed by atoms with Gasteiger partial charge in [0.2, 0.25) is 15.9 Å². The van der Waals surface area contributed by atoms with Crippen molar-refractivity contribution >= 4 is 32.7 Å². The molecule has 4 rings (SSSR count).